The molecule has 0 unspecified atom stereocenters. The number of benzene rings is 2. The second-order valence-corrected chi connectivity index (χ2v) is 6.01. The summed E-state index contributed by atoms with van der Waals surface area (Å²) >= 11 is 0. The van der Waals surface area contributed by atoms with E-state index in [4.69, 9.17) is 9.47 Å². The molecule has 26 heavy (non-hydrogen) atoms. The highest BCUT2D eigenvalue weighted by atomic mass is 16.5. The molecule has 2 aromatic carbocycles. The van der Waals surface area contributed by atoms with Crippen molar-refractivity contribution >= 4 is 5.97 Å². The van der Waals surface area contributed by atoms with Crippen LogP contribution in [0.2, 0.25) is 0 Å². The van der Waals surface area contributed by atoms with Crippen LogP contribution < -0.4 is 4.74 Å². The highest BCUT2D eigenvalue weighted by molar-refractivity contribution is 5.89. The Labute approximate surface area is 155 Å². The predicted molar refractivity (Wildman–Crippen MR) is 104 cm³/mol. The van der Waals surface area contributed by atoms with Crippen LogP contribution in [0.25, 0.3) is 11.1 Å². The number of aromatic carboxylic acids is 1. The molecule has 0 saturated carbocycles. The van der Waals surface area contributed by atoms with Crippen LogP contribution in [0, 0.1) is 0 Å². The van der Waals surface area contributed by atoms with E-state index in [0.29, 0.717) is 19.0 Å². The lowest BCUT2D eigenvalue weighted by atomic mass is 10.0. The van der Waals surface area contributed by atoms with E-state index < -0.39 is 5.97 Å². The Kier molecular flexibility index (Phi) is 8.43. The molecule has 0 spiro atoms. The molecule has 2 rings (SSSR count). The van der Waals surface area contributed by atoms with Gasteiger partial charge in [0, 0.05) is 12.2 Å². The van der Waals surface area contributed by atoms with Crippen molar-refractivity contribution < 1.29 is 19.4 Å². The van der Waals surface area contributed by atoms with Gasteiger partial charge in [0.25, 0.3) is 0 Å². The van der Waals surface area contributed by atoms with Gasteiger partial charge in [-0.2, -0.15) is 0 Å². The Balaban J connectivity index is 1.89. The van der Waals surface area contributed by atoms with Gasteiger partial charge < -0.3 is 14.6 Å². The smallest absolute Gasteiger partial charge is 0.335 e. The molecule has 138 valence electrons. The Morgan fingerprint density at radius 1 is 1.00 bits per heavy atom. The maximum Gasteiger partial charge on any atom is 0.335 e. The fourth-order valence-electron chi connectivity index (χ4n) is 2.64. The second kappa shape index (κ2) is 11.1. The van der Waals surface area contributed by atoms with E-state index in [1.54, 1.807) is 18.2 Å². The van der Waals surface area contributed by atoms with Crippen molar-refractivity contribution in [1.82, 2.24) is 0 Å². The number of hydrogen-bond donors (Lipinski definition) is 1. The van der Waals surface area contributed by atoms with E-state index in [2.05, 4.69) is 6.58 Å². The van der Waals surface area contributed by atoms with Gasteiger partial charge in [-0.15, -0.1) is 6.58 Å². The first-order chi connectivity index (χ1) is 12.7. The second-order valence-electron chi connectivity index (χ2n) is 6.01. The first kappa shape index (κ1) is 19.7. The van der Waals surface area contributed by atoms with Gasteiger partial charge in [0.2, 0.25) is 0 Å². The summed E-state index contributed by atoms with van der Waals surface area (Å²) in [4.78, 5) is 11.3. The maximum absolute atomic E-state index is 11.3. The summed E-state index contributed by atoms with van der Waals surface area (Å²) in [7, 11) is 0. The summed E-state index contributed by atoms with van der Waals surface area (Å²) < 4.78 is 11.3. The summed E-state index contributed by atoms with van der Waals surface area (Å²) in [5.41, 5.74) is 2.16. The standard InChI is InChI=1S/C22H26O4/c1-2-14-25-15-8-3-4-9-16-26-21-17-19(22(23)24)12-13-20(21)18-10-6-5-7-11-18/h2,5-7,10-13,17H,1,3-4,8-9,14-16H2,(H,23,24). The minimum Gasteiger partial charge on any atom is -0.493 e. The summed E-state index contributed by atoms with van der Waals surface area (Å²) in [6.07, 6.45) is 5.84. The molecule has 0 bridgehead atoms. The molecule has 2 aromatic rings. The first-order valence-electron chi connectivity index (χ1n) is 8.96. The molecule has 0 amide bonds. The van der Waals surface area contributed by atoms with Crippen molar-refractivity contribution in [1.29, 1.82) is 0 Å². The molecule has 0 fully saturated rings. The zero-order valence-corrected chi connectivity index (χ0v) is 15.0. The zero-order chi connectivity index (χ0) is 18.6. The zero-order valence-electron chi connectivity index (χ0n) is 15.0. The van der Waals surface area contributed by atoms with E-state index in [-0.39, 0.29) is 5.56 Å². The van der Waals surface area contributed by atoms with Crippen molar-refractivity contribution in [3.63, 3.8) is 0 Å². The Bertz CT molecular complexity index is 695. The van der Waals surface area contributed by atoms with Crippen LogP contribution in [0.4, 0.5) is 0 Å². The topological polar surface area (TPSA) is 55.8 Å². The number of hydrogen-bond acceptors (Lipinski definition) is 3. The molecule has 0 atom stereocenters. The third kappa shape index (κ3) is 6.37. The molecule has 0 aliphatic carbocycles. The van der Waals surface area contributed by atoms with Crippen LogP contribution in [0.5, 0.6) is 5.75 Å². The highest BCUT2D eigenvalue weighted by Gasteiger charge is 2.11. The van der Waals surface area contributed by atoms with E-state index in [0.717, 1.165) is 43.4 Å². The predicted octanol–water partition coefficient (Wildman–Crippen LogP) is 5.19. The van der Waals surface area contributed by atoms with E-state index in [1.807, 2.05) is 36.4 Å². The van der Waals surface area contributed by atoms with E-state index in [1.165, 1.54) is 0 Å². The Morgan fingerprint density at radius 3 is 2.42 bits per heavy atom. The molecule has 0 saturated heterocycles. The van der Waals surface area contributed by atoms with Crippen LogP contribution in [-0.4, -0.2) is 30.9 Å². The van der Waals surface area contributed by atoms with E-state index >= 15 is 0 Å². The van der Waals surface area contributed by atoms with Gasteiger partial charge in [0.1, 0.15) is 5.75 Å². The van der Waals surface area contributed by atoms with Gasteiger partial charge in [-0.3, -0.25) is 0 Å². The lowest BCUT2D eigenvalue weighted by Crippen LogP contribution is -2.02. The molecule has 0 aliphatic rings. The van der Waals surface area contributed by atoms with Crippen LogP contribution in [-0.2, 0) is 4.74 Å². The number of ether oxygens (including phenoxy) is 2. The summed E-state index contributed by atoms with van der Waals surface area (Å²) in [6.45, 7) is 5.54. The fourth-order valence-corrected chi connectivity index (χ4v) is 2.64. The van der Waals surface area contributed by atoms with Gasteiger partial charge in [0.05, 0.1) is 18.8 Å². The number of carboxylic acid groups (broad SMARTS) is 1. The Morgan fingerprint density at radius 2 is 1.73 bits per heavy atom. The molecule has 0 radical (unpaired) electrons. The van der Waals surface area contributed by atoms with Crippen molar-refractivity contribution in [2.24, 2.45) is 0 Å². The SMILES string of the molecule is C=CCOCCCCCCOc1cc(C(=O)O)ccc1-c1ccccc1. The van der Waals surface area contributed by atoms with Gasteiger partial charge >= 0.3 is 5.97 Å². The summed E-state index contributed by atoms with van der Waals surface area (Å²) in [5, 5.41) is 9.23. The van der Waals surface area contributed by atoms with Crippen molar-refractivity contribution in [2.45, 2.75) is 25.7 Å². The van der Waals surface area contributed by atoms with Crippen LogP contribution in [0.15, 0.2) is 61.2 Å². The van der Waals surface area contributed by atoms with Crippen LogP contribution in [0.3, 0.4) is 0 Å². The fraction of sp³-hybridized carbons (Fsp3) is 0.318. The summed E-state index contributed by atoms with van der Waals surface area (Å²) in [5.74, 6) is -0.334. The number of rotatable bonds is 12. The van der Waals surface area contributed by atoms with Gasteiger partial charge in [-0.1, -0.05) is 42.8 Å². The van der Waals surface area contributed by atoms with Gasteiger partial charge in [-0.25, -0.2) is 4.79 Å². The molecular formula is C22H26O4. The first-order valence-corrected chi connectivity index (χ1v) is 8.96. The highest BCUT2D eigenvalue weighted by Crippen LogP contribution is 2.31. The molecule has 0 aromatic heterocycles. The molecule has 0 heterocycles. The van der Waals surface area contributed by atoms with Crippen LogP contribution in [0.1, 0.15) is 36.0 Å². The van der Waals surface area contributed by atoms with Gasteiger partial charge in [-0.05, 0) is 43.0 Å². The Hall–Kier alpha value is -2.59. The lowest BCUT2D eigenvalue weighted by molar-refractivity contribution is 0.0696. The molecular weight excluding hydrogens is 328 g/mol. The third-order valence-electron chi connectivity index (χ3n) is 3.99. The van der Waals surface area contributed by atoms with Crippen molar-refractivity contribution in [2.75, 3.05) is 19.8 Å². The molecule has 1 N–H and O–H groups in total. The number of unbranched alkanes of at least 4 members (excludes halogenated alkanes) is 3. The number of carbonyl (C=O) groups is 1. The van der Waals surface area contributed by atoms with E-state index in [9.17, 15) is 9.90 Å². The minimum atomic E-state index is -0.950. The largest absolute Gasteiger partial charge is 0.493 e. The lowest BCUT2D eigenvalue weighted by Gasteiger charge is -2.13. The summed E-state index contributed by atoms with van der Waals surface area (Å²) in [6, 6.07) is 14.9. The monoisotopic (exact) mass is 354 g/mol. The minimum absolute atomic E-state index is 0.235. The maximum atomic E-state index is 11.3. The molecule has 0 aliphatic heterocycles. The van der Waals surface area contributed by atoms with Crippen molar-refractivity contribution in [3.05, 3.63) is 66.7 Å². The number of carboxylic acids is 1. The normalized spacial score (nSPS) is 10.5. The molecule has 4 heteroatoms. The van der Waals surface area contributed by atoms with Crippen LogP contribution >= 0.6 is 0 Å². The average molecular weight is 354 g/mol. The van der Waals surface area contributed by atoms with Gasteiger partial charge in [0.15, 0.2) is 0 Å². The third-order valence-corrected chi connectivity index (χ3v) is 3.99. The molecule has 4 nitrogen and oxygen atoms in total. The quantitative estimate of drug-likeness (QED) is 0.421. The average Bonchev–Trinajstić information content (AvgIpc) is 2.67. The van der Waals surface area contributed by atoms with Crippen molar-refractivity contribution in [3.8, 4) is 16.9 Å².